The van der Waals surface area contributed by atoms with E-state index in [-0.39, 0.29) is 18.5 Å². The molecule has 1 aliphatic heterocycles. The molecule has 7 unspecified atom stereocenters. The lowest BCUT2D eigenvalue weighted by molar-refractivity contribution is -0.302. The van der Waals surface area contributed by atoms with Crippen LogP contribution in [0.1, 0.15) is 399 Å². The molecule has 0 spiro atoms. The van der Waals surface area contributed by atoms with Crippen LogP contribution < -0.4 is 5.32 Å². The van der Waals surface area contributed by atoms with Crippen molar-refractivity contribution in [1.29, 1.82) is 0 Å². The lowest BCUT2D eigenvalue weighted by Gasteiger charge is -2.40. The van der Waals surface area contributed by atoms with Crippen molar-refractivity contribution < 1.29 is 49.3 Å². The predicted octanol–water partition coefficient (Wildman–Crippen LogP) is 20.8. The molecule has 0 aromatic heterocycles. The molecule has 1 fully saturated rings. The maximum Gasteiger partial charge on any atom is 0.305 e. The van der Waals surface area contributed by atoms with E-state index in [4.69, 9.17) is 14.2 Å². The van der Waals surface area contributed by atoms with Crippen LogP contribution in [0.25, 0.3) is 0 Å². The Morgan fingerprint density at radius 3 is 1.09 bits per heavy atom. The van der Waals surface area contributed by atoms with Gasteiger partial charge in [0.25, 0.3) is 0 Å². The third kappa shape index (κ3) is 56.2. The molecule has 0 aromatic rings. The van der Waals surface area contributed by atoms with Gasteiger partial charge in [0.05, 0.1) is 32.0 Å². The van der Waals surface area contributed by atoms with Crippen LogP contribution >= 0.6 is 0 Å². The number of aliphatic hydroxyl groups is 5. The van der Waals surface area contributed by atoms with Crippen LogP contribution in [-0.2, 0) is 23.8 Å². The standard InChI is InChI=1S/C78H149NO10/c1-3-5-7-9-11-13-14-42-46-50-54-58-62-66-74(83)87-67-63-59-55-51-47-44-41-39-37-35-33-31-29-27-25-23-21-19-17-15-16-18-20-22-24-26-28-30-32-34-36-38-40-43-45-49-53-57-61-65-73(82)79-70(71(81)64-60-56-52-48-12-10-8-6-4-2)69-88-78-77(86)76(85)75(84)72(68-80)89-78/h13-14,60,64,70-72,75-78,80-81,84-86H,3-12,15-59,61-63,65-69H2,1-2H3,(H,79,82)/b14-13-,64-60+. The van der Waals surface area contributed by atoms with Crippen molar-refractivity contribution in [2.75, 3.05) is 19.8 Å². The van der Waals surface area contributed by atoms with E-state index in [0.29, 0.717) is 19.4 Å². The fourth-order valence-corrected chi connectivity index (χ4v) is 12.7. The van der Waals surface area contributed by atoms with Gasteiger partial charge in [-0.1, -0.05) is 353 Å². The quantitative estimate of drug-likeness (QED) is 0.0195. The Morgan fingerprint density at radius 2 is 0.719 bits per heavy atom. The average molecular weight is 1260 g/mol. The smallest absolute Gasteiger partial charge is 0.305 e. The van der Waals surface area contributed by atoms with Crippen LogP contribution in [0.2, 0.25) is 0 Å². The molecule has 11 nitrogen and oxygen atoms in total. The van der Waals surface area contributed by atoms with Gasteiger partial charge in [0, 0.05) is 12.8 Å². The lowest BCUT2D eigenvalue weighted by atomic mass is 9.99. The number of nitrogens with one attached hydrogen (secondary N) is 1. The van der Waals surface area contributed by atoms with Gasteiger partial charge < -0.3 is 45.1 Å². The number of ether oxygens (including phenoxy) is 3. The van der Waals surface area contributed by atoms with Crippen LogP contribution in [0.15, 0.2) is 24.3 Å². The molecule has 1 heterocycles. The Balaban J connectivity index is 1.84. The molecule has 1 rings (SSSR count). The SMILES string of the molecule is CCCCCC/C=C\CCCCCCCC(=O)OCCCCCCCCCCCCCCCCCCCCCCCCCCCCCCCCCCCCCCCCCC(=O)NC(COC1OC(CO)C(O)C(O)C1O)C(O)/C=C/CCCCCCCCC. The second-order valence-corrected chi connectivity index (χ2v) is 27.4. The van der Waals surface area contributed by atoms with Gasteiger partial charge in [-0.15, -0.1) is 0 Å². The highest BCUT2D eigenvalue weighted by Gasteiger charge is 2.44. The Morgan fingerprint density at radius 1 is 0.404 bits per heavy atom. The summed E-state index contributed by atoms with van der Waals surface area (Å²) in [5.74, 6) is -0.166. The molecule has 0 bridgehead atoms. The molecule has 526 valence electrons. The van der Waals surface area contributed by atoms with Crippen LogP contribution in [0.3, 0.4) is 0 Å². The van der Waals surface area contributed by atoms with Gasteiger partial charge >= 0.3 is 5.97 Å². The van der Waals surface area contributed by atoms with Crippen molar-refractivity contribution in [2.24, 2.45) is 0 Å². The summed E-state index contributed by atoms with van der Waals surface area (Å²) in [4.78, 5) is 25.1. The number of carbonyl (C=O) groups excluding carboxylic acids is 2. The highest BCUT2D eigenvalue weighted by Crippen LogP contribution is 2.24. The number of esters is 1. The van der Waals surface area contributed by atoms with Crippen LogP contribution in [0.4, 0.5) is 0 Å². The molecular weight excluding hydrogens is 1110 g/mol. The van der Waals surface area contributed by atoms with Crippen molar-refractivity contribution >= 4 is 11.9 Å². The Labute approximate surface area is 550 Å². The van der Waals surface area contributed by atoms with Crippen LogP contribution in [0, 0.1) is 0 Å². The minimum absolute atomic E-state index is 0.00963. The van der Waals surface area contributed by atoms with E-state index in [1.54, 1.807) is 6.08 Å². The monoisotopic (exact) mass is 1260 g/mol. The molecule has 1 amide bonds. The van der Waals surface area contributed by atoms with E-state index in [2.05, 4.69) is 31.3 Å². The highest BCUT2D eigenvalue weighted by molar-refractivity contribution is 5.76. The summed E-state index contributed by atoms with van der Waals surface area (Å²) < 4.78 is 16.7. The van der Waals surface area contributed by atoms with Gasteiger partial charge in [-0.2, -0.15) is 0 Å². The molecule has 89 heavy (non-hydrogen) atoms. The van der Waals surface area contributed by atoms with Gasteiger partial charge in [-0.3, -0.25) is 9.59 Å². The molecule has 0 saturated carbocycles. The zero-order valence-corrected chi connectivity index (χ0v) is 58.7. The second kappa shape index (κ2) is 67.6. The summed E-state index contributed by atoms with van der Waals surface area (Å²) in [6.45, 7) is 4.35. The van der Waals surface area contributed by atoms with Gasteiger partial charge in [0.15, 0.2) is 6.29 Å². The number of allylic oxidation sites excluding steroid dienone is 3. The molecule has 7 atom stereocenters. The number of amides is 1. The van der Waals surface area contributed by atoms with Crippen molar-refractivity contribution in [1.82, 2.24) is 5.32 Å². The van der Waals surface area contributed by atoms with Gasteiger partial charge in [0.2, 0.25) is 5.91 Å². The maximum absolute atomic E-state index is 13.0. The van der Waals surface area contributed by atoms with Gasteiger partial charge in [-0.25, -0.2) is 0 Å². The molecule has 0 radical (unpaired) electrons. The largest absolute Gasteiger partial charge is 0.466 e. The Bertz CT molecular complexity index is 1530. The highest BCUT2D eigenvalue weighted by atomic mass is 16.7. The molecule has 0 aliphatic carbocycles. The van der Waals surface area contributed by atoms with Crippen LogP contribution in [-0.4, -0.2) is 100 Å². The topological polar surface area (TPSA) is 175 Å². The molecule has 1 aliphatic rings. The zero-order chi connectivity index (χ0) is 64.4. The van der Waals surface area contributed by atoms with E-state index in [0.717, 1.165) is 57.8 Å². The van der Waals surface area contributed by atoms with E-state index in [9.17, 15) is 35.1 Å². The molecule has 0 aromatic carbocycles. The number of hydrogen-bond acceptors (Lipinski definition) is 10. The first kappa shape index (κ1) is 85.2. The Kier molecular flexibility index (Phi) is 64.6. The maximum atomic E-state index is 13.0. The number of carbonyl (C=O) groups is 2. The number of rotatable bonds is 70. The molecule has 1 saturated heterocycles. The average Bonchev–Trinajstić information content (AvgIpc) is 2.50. The first-order chi connectivity index (χ1) is 43.7. The van der Waals surface area contributed by atoms with Crippen LogP contribution in [0.5, 0.6) is 0 Å². The van der Waals surface area contributed by atoms with Crippen molar-refractivity contribution in [3.05, 3.63) is 24.3 Å². The van der Waals surface area contributed by atoms with E-state index in [1.807, 2.05) is 6.08 Å². The van der Waals surface area contributed by atoms with E-state index in [1.165, 1.54) is 315 Å². The first-order valence-corrected chi connectivity index (χ1v) is 39.1. The lowest BCUT2D eigenvalue weighted by Crippen LogP contribution is -2.60. The normalized spacial score (nSPS) is 17.8. The summed E-state index contributed by atoms with van der Waals surface area (Å²) in [5.41, 5.74) is 0. The second-order valence-electron chi connectivity index (χ2n) is 27.4. The predicted molar refractivity (Wildman–Crippen MR) is 375 cm³/mol. The van der Waals surface area contributed by atoms with E-state index >= 15 is 0 Å². The van der Waals surface area contributed by atoms with Crippen molar-refractivity contribution in [2.45, 2.75) is 442 Å². The van der Waals surface area contributed by atoms with Gasteiger partial charge in [0.1, 0.15) is 24.4 Å². The molecule has 6 N–H and O–H groups in total. The molecular formula is C78H149NO10. The van der Waals surface area contributed by atoms with Crippen molar-refractivity contribution in [3.63, 3.8) is 0 Å². The third-order valence-electron chi connectivity index (χ3n) is 18.8. The third-order valence-corrected chi connectivity index (χ3v) is 18.8. The summed E-state index contributed by atoms with van der Waals surface area (Å²) in [5, 5.41) is 54.3. The fourth-order valence-electron chi connectivity index (χ4n) is 12.7. The fraction of sp³-hybridized carbons (Fsp3) is 0.923. The Hall–Kier alpha value is -1.86. The first-order valence-electron chi connectivity index (χ1n) is 39.1. The minimum atomic E-state index is -1.57. The van der Waals surface area contributed by atoms with Crippen molar-refractivity contribution in [3.8, 4) is 0 Å². The van der Waals surface area contributed by atoms with Gasteiger partial charge in [-0.05, 0) is 57.8 Å². The number of unbranched alkanes of at least 4 members (excludes halogenated alkanes) is 54. The number of aliphatic hydroxyl groups excluding tert-OH is 5. The van der Waals surface area contributed by atoms with E-state index < -0.39 is 49.5 Å². The number of hydrogen-bond donors (Lipinski definition) is 6. The molecule has 11 heteroatoms. The summed E-state index contributed by atoms with van der Waals surface area (Å²) in [6.07, 6.45) is 76.6. The summed E-state index contributed by atoms with van der Waals surface area (Å²) in [6, 6.07) is -0.803. The summed E-state index contributed by atoms with van der Waals surface area (Å²) >= 11 is 0. The minimum Gasteiger partial charge on any atom is -0.466 e. The zero-order valence-electron chi connectivity index (χ0n) is 58.7. The summed E-state index contributed by atoms with van der Waals surface area (Å²) in [7, 11) is 0.